The minimum Gasteiger partial charge on any atom is -0.355 e. The SMILES string of the molecule is CN(c1cc(Nc2c(F)cccc2F)ncn1)C1CCS(=O)(=O)C1. The maximum atomic E-state index is 13.7. The molecule has 24 heavy (non-hydrogen) atoms. The van der Waals surface area contributed by atoms with E-state index < -0.39 is 21.5 Å². The van der Waals surface area contributed by atoms with E-state index in [2.05, 4.69) is 15.3 Å². The molecule has 1 aromatic heterocycles. The summed E-state index contributed by atoms with van der Waals surface area (Å²) in [7, 11) is -1.28. The fourth-order valence-electron chi connectivity index (χ4n) is 2.62. The normalized spacial score (nSPS) is 19.2. The number of aromatic nitrogens is 2. The number of hydrogen-bond acceptors (Lipinski definition) is 6. The molecule has 9 heteroatoms. The molecule has 1 atom stereocenters. The van der Waals surface area contributed by atoms with Gasteiger partial charge in [0.05, 0.1) is 11.5 Å². The van der Waals surface area contributed by atoms with Crippen LogP contribution in [-0.2, 0) is 9.84 Å². The van der Waals surface area contributed by atoms with Crippen LogP contribution >= 0.6 is 0 Å². The quantitative estimate of drug-likeness (QED) is 0.907. The zero-order chi connectivity index (χ0) is 17.3. The van der Waals surface area contributed by atoms with E-state index in [-0.39, 0.29) is 29.1 Å². The van der Waals surface area contributed by atoms with Crippen molar-refractivity contribution in [1.29, 1.82) is 0 Å². The number of halogens is 2. The van der Waals surface area contributed by atoms with Gasteiger partial charge in [0.1, 0.15) is 35.3 Å². The Labute approximate surface area is 138 Å². The summed E-state index contributed by atoms with van der Waals surface area (Å²) in [5.41, 5.74) is -0.298. The average Bonchev–Trinajstić information content (AvgIpc) is 2.91. The van der Waals surface area contributed by atoms with E-state index in [0.717, 1.165) is 12.1 Å². The van der Waals surface area contributed by atoms with Gasteiger partial charge in [-0.1, -0.05) is 6.07 Å². The Hall–Kier alpha value is -2.29. The number of rotatable bonds is 4. The Kier molecular flexibility index (Phi) is 4.35. The lowest BCUT2D eigenvalue weighted by Crippen LogP contribution is -2.33. The minimum absolute atomic E-state index is 0.0677. The first-order valence-electron chi connectivity index (χ1n) is 7.32. The van der Waals surface area contributed by atoms with Gasteiger partial charge in [-0.25, -0.2) is 27.2 Å². The molecule has 2 aromatic rings. The van der Waals surface area contributed by atoms with Crippen LogP contribution in [0.15, 0.2) is 30.6 Å². The van der Waals surface area contributed by atoms with E-state index in [1.54, 1.807) is 11.9 Å². The smallest absolute Gasteiger partial charge is 0.152 e. The number of hydrogen-bond donors (Lipinski definition) is 1. The Morgan fingerprint density at radius 1 is 1.25 bits per heavy atom. The Morgan fingerprint density at radius 3 is 2.58 bits per heavy atom. The number of sulfone groups is 1. The second-order valence-corrected chi connectivity index (χ2v) is 7.88. The molecule has 1 fully saturated rings. The standard InChI is InChI=1S/C15H16F2N4O2S/c1-21(10-5-6-24(22,23)8-10)14-7-13(18-9-19-14)20-15-11(16)3-2-4-12(15)17/h2-4,7,9-10H,5-6,8H2,1H3,(H,18,19,20). The molecular formula is C15H16F2N4O2S. The van der Waals surface area contributed by atoms with Gasteiger partial charge >= 0.3 is 0 Å². The van der Waals surface area contributed by atoms with E-state index in [9.17, 15) is 17.2 Å². The first-order chi connectivity index (χ1) is 11.4. The second kappa shape index (κ2) is 6.31. The lowest BCUT2D eigenvalue weighted by atomic mass is 10.2. The summed E-state index contributed by atoms with van der Waals surface area (Å²) in [5, 5.41) is 2.60. The zero-order valence-corrected chi connectivity index (χ0v) is 13.7. The molecule has 2 heterocycles. The number of para-hydroxylation sites is 1. The summed E-state index contributed by atoms with van der Waals surface area (Å²) in [6.07, 6.45) is 1.78. The highest BCUT2D eigenvalue weighted by Gasteiger charge is 2.31. The lowest BCUT2D eigenvalue weighted by Gasteiger charge is -2.24. The summed E-state index contributed by atoms with van der Waals surface area (Å²) >= 11 is 0. The zero-order valence-electron chi connectivity index (χ0n) is 12.9. The molecule has 0 spiro atoms. The highest BCUT2D eigenvalue weighted by molar-refractivity contribution is 7.91. The van der Waals surface area contributed by atoms with Gasteiger partial charge in [0.25, 0.3) is 0 Å². The predicted molar refractivity (Wildman–Crippen MR) is 87.1 cm³/mol. The molecule has 128 valence electrons. The fourth-order valence-corrected chi connectivity index (χ4v) is 4.40. The molecule has 0 saturated carbocycles. The van der Waals surface area contributed by atoms with Crippen LogP contribution in [0.25, 0.3) is 0 Å². The second-order valence-electron chi connectivity index (χ2n) is 5.65. The summed E-state index contributed by atoms with van der Waals surface area (Å²) in [6.45, 7) is 0. The molecule has 6 nitrogen and oxygen atoms in total. The van der Waals surface area contributed by atoms with Crippen molar-refractivity contribution >= 4 is 27.2 Å². The topological polar surface area (TPSA) is 75.2 Å². The highest BCUT2D eigenvalue weighted by atomic mass is 32.2. The molecule has 1 N–H and O–H groups in total. The van der Waals surface area contributed by atoms with E-state index in [4.69, 9.17) is 0 Å². The van der Waals surface area contributed by atoms with Gasteiger partial charge in [-0.15, -0.1) is 0 Å². The van der Waals surface area contributed by atoms with Gasteiger partial charge in [-0.3, -0.25) is 0 Å². The molecule has 1 aliphatic rings. The van der Waals surface area contributed by atoms with Gasteiger partial charge in [0.2, 0.25) is 0 Å². The van der Waals surface area contributed by atoms with Crippen LogP contribution in [0.4, 0.5) is 26.1 Å². The summed E-state index contributed by atoms with van der Waals surface area (Å²) in [4.78, 5) is 9.81. The molecule has 1 saturated heterocycles. The van der Waals surface area contributed by atoms with Gasteiger partial charge in [-0.2, -0.15) is 0 Å². The Bertz CT molecular complexity index is 840. The van der Waals surface area contributed by atoms with Crippen LogP contribution in [0.5, 0.6) is 0 Å². The summed E-state index contributed by atoms with van der Waals surface area (Å²) < 4.78 is 50.6. The van der Waals surface area contributed by atoms with Gasteiger partial charge in [0.15, 0.2) is 9.84 Å². The molecule has 0 aliphatic carbocycles. The Balaban J connectivity index is 1.82. The van der Waals surface area contributed by atoms with Gasteiger partial charge in [-0.05, 0) is 18.6 Å². The van der Waals surface area contributed by atoms with E-state index in [1.807, 2.05) is 0 Å². The van der Waals surface area contributed by atoms with Crippen molar-refractivity contribution in [2.45, 2.75) is 12.5 Å². The van der Waals surface area contributed by atoms with Crippen molar-refractivity contribution in [3.05, 3.63) is 42.2 Å². The van der Waals surface area contributed by atoms with Crippen molar-refractivity contribution in [2.24, 2.45) is 0 Å². The van der Waals surface area contributed by atoms with E-state index >= 15 is 0 Å². The van der Waals surface area contributed by atoms with Gasteiger partial charge < -0.3 is 10.2 Å². The molecule has 0 amide bonds. The third-order valence-corrected chi connectivity index (χ3v) is 5.74. The molecule has 1 aromatic carbocycles. The number of anilines is 3. The molecule has 1 unspecified atom stereocenters. The van der Waals surface area contributed by atoms with Crippen molar-refractivity contribution in [3.8, 4) is 0 Å². The van der Waals surface area contributed by atoms with Crippen molar-refractivity contribution in [3.63, 3.8) is 0 Å². The van der Waals surface area contributed by atoms with Crippen LogP contribution in [-0.4, -0.2) is 43.0 Å². The highest BCUT2D eigenvalue weighted by Crippen LogP contribution is 2.25. The lowest BCUT2D eigenvalue weighted by molar-refractivity contribution is 0.590. The third kappa shape index (κ3) is 3.45. The fraction of sp³-hybridized carbons (Fsp3) is 0.333. The third-order valence-electron chi connectivity index (χ3n) is 3.99. The van der Waals surface area contributed by atoms with E-state index in [0.29, 0.717) is 12.2 Å². The molecular weight excluding hydrogens is 338 g/mol. The molecule has 0 bridgehead atoms. The van der Waals surface area contributed by atoms with Crippen molar-refractivity contribution in [2.75, 3.05) is 28.8 Å². The molecule has 1 aliphatic heterocycles. The Morgan fingerprint density at radius 2 is 1.96 bits per heavy atom. The first kappa shape index (κ1) is 16.6. The monoisotopic (exact) mass is 354 g/mol. The molecule has 0 radical (unpaired) electrons. The first-order valence-corrected chi connectivity index (χ1v) is 9.14. The number of nitrogens with one attached hydrogen (secondary N) is 1. The van der Waals surface area contributed by atoms with Crippen molar-refractivity contribution in [1.82, 2.24) is 9.97 Å². The van der Waals surface area contributed by atoms with Crippen LogP contribution in [0.1, 0.15) is 6.42 Å². The van der Waals surface area contributed by atoms with Crippen LogP contribution < -0.4 is 10.2 Å². The minimum atomic E-state index is -3.02. The van der Waals surface area contributed by atoms with Crippen LogP contribution in [0.2, 0.25) is 0 Å². The molecule has 3 rings (SSSR count). The van der Waals surface area contributed by atoms with Crippen LogP contribution in [0.3, 0.4) is 0 Å². The maximum Gasteiger partial charge on any atom is 0.152 e. The summed E-state index contributed by atoms with van der Waals surface area (Å²) in [6, 6.07) is 4.90. The summed E-state index contributed by atoms with van der Waals surface area (Å²) in [5.74, 6) is -0.546. The largest absolute Gasteiger partial charge is 0.355 e. The van der Waals surface area contributed by atoms with E-state index in [1.165, 1.54) is 18.5 Å². The van der Waals surface area contributed by atoms with Crippen LogP contribution in [0, 0.1) is 11.6 Å². The average molecular weight is 354 g/mol. The van der Waals surface area contributed by atoms with Crippen molar-refractivity contribution < 1.29 is 17.2 Å². The van der Waals surface area contributed by atoms with Gasteiger partial charge in [0, 0.05) is 19.2 Å². The number of nitrogens with zero attached hydrogens (tertiary/aromatic N) is 3. The predicted octanol–water partition coefficient (Wildman–Crippen LogP) is 2.12. The maximum absolute atomic E-state index is 13.7. The number of benzene rings is 1.